The number of carbonyl (C=O) groups excluding carboxylic acids is 2. The van der Waals surface area contributed by atoms with Crippen LogP contribution < -0.4 is 11.1 Å². The lowest BCUT2D eigenvalue weighted by Crippen LogP contribution is -2.52. The Labute approximate surface area is 120 Å². The van der Waals surface area contributed by atoms with Crippen LogP contribution in [0.25, 0.3) is 0 Å². The first-order valence-corrected chi connectivity index (χ1v) is 8.00. The van der Waals surface area contributed by atoms with Gasteiger partial charge in [0.25, 0.3) is 0 Å². The van der Waals surface area contributed by atoms with Gasteiger partial charge in [0.05, 0.1) is 12.0 Å². The molecular formula is C15H25N3O2. The van der Waals surface area contributed by atoms with Crippen molar-refractivity contribution in [1.29, 1.82) is 0 Å². The van der Waals surface area contributed by atoms with E-state index in [1.807, 2.05) is 4.90 Å². The molecule has 1 saturated carbocycles. The van der Waals surface area contributed by atoms with E-state index in [0.717, 1.165) is 38.6 Å². The van der Waals surface area contributed by atoms with Gasteiger partial charge in [-0.25, -0.2) is 0 Å². The van der Waals surface area contributed by atoms with Crippen LogP contribution >= 0.6 is 0 Å². The highest BCUT2D eigenvalue weighted by atomic mass is 16.2. The Bertz CT molecular complexity index is 399. The maximum atomic E-state index is 12.9. The van der Waals surface area contributed by atoms with Crippen LogP contribution in [0.4, 0.5) is 0 Å². The number of piperidine rings is 1. The number of amides is 2. The summed E-state index contributed by atoms with van der Waals surface area (Å²) >= 11 is 0. The number of likely N-dealkylation sites (tertiary alicyclic amines) is 1. The van der Waals surface area contributed by atoms with E-state index in [2.05, 4.69) is 5.32 Å². The maximum Gasteiger partial charge on any atom is 0.226 e. The van der Waals surface area contributed by atoms with Gasteiger partial charge in [0.1, 0.15) is 0 Å². The summed E-state index contributed by atoms with van der Waals surface area (Å²) in [6.45, 7) is 2.05. The van der Waals surface area contributed by atoms with Crippen LogP contribution in [0.15, 0.2) is 0 Å². The molecular weight excluding hydrogens is 254 g/mol. The van der Waals surface area contributed by atoms with E-state index in [-0.39, 0.29) is 29.7 Å². The monoisotopic (exact) mass is 279 g/mol. The van der Waals surface area contributed by atoms with E-state index in [1.54, 1.807) is 0 Å². The van der Waals surface area contributed by atoms with E-state index in [0.29, 0.717) is 19.0 Å². The van der Waals surface area contributed by atoms with Gasteiger partial charge in [-0.3, -0.25) is 9.59 Å². The molecule has 4 atom stereocenters. The molecule has 3 fully saturated rings. The molecule has 0 spiro atoms. The van der Waals surface area contributed by atoms with Crippen molar-refractivity contribution in [2.24, 2.45) is 23.5 Å². The lowest BCUT2D eigenvalue weighted by molar-refractivity contribution is -0.143. The molecule has 1 aliphatic carbocycles. The summed E-state index contributed by atoms with van der Waals surface area (Å²) in [7, 11) is 0. The van der Waals surface area contributed by atoms with Crippen molar-refractivity contribution in [1.82, 2.24) is 10.2 Å². The van der Waals surface area contributed by atoms with Gasteiger partial charge in [-0.05, 0) is 38.1 Å². The molecule has 20 heavy (non-hydrogen) atoms. The van der Waals surface area contributed by atoms with Gasteiger partial charge in [-0.1, -0.05) is 12.8 Å². The molecule has 5 heteroatoms. The first kappa shape index (κ1) is 13.9. The van der Waals surface area contributed by atoms with Gasteiger partial charge in [-0.15, -0.1) is 0 Å². The third-order valence-electron chi connectivity index (χ3n) is 5.41. The Morgan fingerprint density at radius 2 is 2.05 bits per heavy atom. The molecule has 2 saturated heterocycles. The second-order valence-corrected chi connectivity index (χ2v) is 6.48. The average Bonchev–Trinajstić information content (AvgIpc) is 2.88. The van der Waals surface area contributed by atoms with Crippen LogP contribution in [0.2, 0.25) is 0 Å². The first-order valence-electron chi connectivity index (χ1n) is 8.00. The molecule has 2 amide bonds. The predicted molar refractivity (Wildman–Crippen MR) is 75.7 cm³/mol. The Morgan fingerprint density at radius 1 is 1.25 bits per heavy atom. The molecule has 112 valence electrons. The Morgan fingerprint density at radius 3 is 2.85 bits per heavy atom. The number of hydrogen-bond donors (Lipinski definition) is 2. The molecule has 0 aromatic carbocycles. The van der Waals surface area contributed by atoms with Crippen molar-refractivity contribution >= 4 is 11.8 Å². The van der Waals surface area contributed by atoms with Gasteiger partial charge < -0.3 is 16.0 Å². The van der Waals surface area contributed by atoms with Crippen molar-refractivity contribution in [3.05, 3.63) is 0 Å². The first-order chi connectivity index (χ1) is 9.72. The smallest absolute Gasteiger partial charge is 0.226 e. The van der Waals surface area contributed by atoms with Crippen LogP contribution in [0.1, 0.15) is 38.5 Å². The second kappa shape index (κ2) is 5.72. The summed E-state index contributed by atoms with van der Waals surface area (Å²) in [5.74, 6) is 0.829. The number of nitrogens with two attached hydrogens (primary N) is 1. The number of nitrogens with zero attached hydrogens (tertiary/aromatic N) is 1. The van der Waals surface area contributed by atoms with Gasteiger partial charge in [-0.2, -0.15) is 0 Å². The number of fused-ring (bicyclic) bond motifs is 1. The minimum Gasteiger partial charge on any atom is -0.354 e. The SMILES string of the molecule is NCC1CCCCC1C(=O)N1CCCC2C(=O)NCC21. The van der Waals surface area contributed by atoms with E-state index in [9.17, 15) is 9.59 Å². The highest BCUT2D eigenvalue weighted by Crippen LogP contribution is 2.34. The van der Waals surface area contributed by atoms with E-state index in [1.165, 1.54) is 6.42 Å². The summed E-state index contributed by atoms with van der Waals surface area (Å²) in [5.41, 5.74) is 5.85. The molecule has 5 nitrogen and oxygen atoms in total. The zero-order valence-electron chi connectivity index (χ0n) is 12.0. The van der Waals surface area contributed by atoms with Crippen LogP contribution in [0.3, 0.4) is 0 Å². The van der Waals surface area contributed by atoms with Gasteiger partial charge >= 0.3 is 0 Å². The fourth-order valence-corrected chi connectivity index (χ4v) is 4.25. The summed E-state index contributed by atoms with van der Waals surface area (Å²) in [4.78, 5) is 26.7. The predicted octanol–water partition coefficient (Wildman–Crippen LogP) is 0.489. The van der Waals surface area contributed by atoms with Crippen molar-refractivity contribution in [3.63, 3.8) is 0 Å². The molecule has 3 N–H and O–H groups in total. The third kappa shape index (κ3) is 2.32. The molecule has 4 unspecified atom stereocenters. The number of nitrogens with one attached hydrogen (secondary N) is 1. The Hall–Kier alpha value is -1.10. The molecule has 2 aliphatic heterocycles. The van der Waals surface area contributed by atoms with Crippen LogP contribution in [-0.4, -0.2) is 42.4 Å². The number of hydrogen-bond acceptors (Lipinski definition) is 3. The van der Waals surface area contributed by atoms with Crippen LogP contribution in [0.5, 0.6) is 0 Å². The molecule has 2 heterocycles. The minimum absolute atomic E-state index is 0.0209. The lowest BCUT2D eigenvalue weighted by Gasteiger charge is -2.40. The molecule has 0 aromatic heterocycles. The minimum atomic E-state index is 0.0209. The van der Waals surface area contributed by atoms with Crippen molar-refractivity contribution in [3.8, 4) is 0 Å². The average molecular weight is 279 g/mol. The molecule has 0 bridgehead atoms. The molecule has 0 radical (unpaired) electrons. The quantitative estimate of drug-likeness (QED) is 0.772. The second-order valence-electron chi connectivity index (χ2n) is 6.48. The highest BCUT2D eigenvalue weighted by molar-refractivity contribution is 5.85. The van der Waals surface area contributed by atoms with Crippen molar-refractivity contribution in [2.75, 3.05) is 19.6 Å². The zero-order chi connectivity index (χ0) is 14.1. The van der Waals surface area contributed by atoms with E-state index >= 15 is 0 Å². The molecule has 0 aromatic rings. The zero-order valence-corrected chi connectivity index (χ0v) is 12.0. The highest BCUT2D eigenvalue weighted by Gasteiger charge is 2.44. The normalized spacial score (nSPS) is 37.5. The summed E-state index contributed by atoms with van der Waals surface area (Å²) < 4.78 is 0. The van der Waals surface area contributed by atoms with Gasteiger partial charge in [0, 0.05) is 19.0 Å². The lowest BCUT2D eigenvalue weighted by atomic mass is 9.77. The Balaban J connectivity index is 1.74. The summed E-state index contributed by atoms with van der Waals surface area (Å²) in [5, 5.41) is 2.92. The van der Waals surface area contributed by atoms with Gasteiger partial charge in [0.15, 0.2) is 0 Å². The van der Waals surface area contributed by atoms with E-state index in [4.69, 9.17) is 5.73 Å². The fraction of sp³-hybridized carbons (Fsp3) is 0.867. The van der Waals surface area contributed by atoms with Crippen molar-refractivity contribution < 1.29 is 9.59 Å². The van der Waals surface area contributed by atoms with Crippen molar-refractivity contribution in [2.45, 2.75) is 44.6 Å². The number of rotatable bonds is 2. The van der Waals surface area contributed by atoms with Crippen LogP contribution in [0, 0.1) is 17.8 Å². The molecule has 3 aliphatic rings. The number of carbonyl (C=O) groups is 2. The topological polar surface area (TPSA) is 75.4 Å². The maximum absolute atomic E-state index is 12.9. The van der Waals surface area contributed by atoms with Crippen LogP contribution in [-0.2, 0) is 9.59 Å². The van der Waals surface area contributed by atoms with E-state index < -0.39 is 0 Å². The summed E-state index contributed by atoms with van der Waals surface area (Å²) in [6.07, 6.45) is 6.23. The Kier molecular flexibility index (Phi) is 3.96. The van der Waals surface area contributed by atoms with Gasteiger partial charge in [0.2, 0.25) is 11.8 Å². The standard InChI is InChI=1S/C15H25N3O2/c16-8-10-4-1-2-5-11(10)15(20)18-7-3-6-12-13(18)9-17-14(12)19/h10-13H,1-9,16H2,(H,17,19). The third-order valence-corrected chi connectivity index (χ3v) is 5.41. The summed E-state index contributed by atoms with van der Waals surface area (Å²) in [6, 6.07) is 0.0871. The largest absolute Gasteiger partial charge is 0.354 e. The fourth-order valence-electron chi connectivity index (χ4n) is 4.25. The molecule has 3 rings (SSSR count).